The van der Waals surface area contributed by atoms with Gasteiger partial charge in [-0.25, -0.2) is 4.39 Å². The van der Waals surface area contributed by atoms with E-state index in [0.29, 0.717) is 12.5 Å². The number of hydrogen-bond donors (Lipinski definition) is 1. The number of nitrogens with one attached hydrogen (secondary N) is 1. The van der Waals surface area contributed by atoms with E-state index in [0.717, 1.165) is 17.5 Å². The second kappa shape index (κ2) is 10.7. The molecule has 0 saturated carbocycles. The van der Waals surface area contributed by atoms with E-state index in [1.807, 2.05) is 44.2 Å². The van der Waals surface area contributed by atoms with E-state index < -0.39 is 6.04 Å². The van der Waals surface area contributed by atoms with Gasteiger partial charge in [0.15, 0.2) is 0 Å². The van der Waals surface area contributed by atoms with Gasteiger partial charge < -0.3 is 10.2 Å². The lowest BCUT2D eigenvalue weighted by Gasteiger charge is -2.33. The summed E-state index contributed by atoms with van der Waals surface area (Å²) in [5, 5.41) is 2.99. The highest BCUT2D eigenvalue weighted by Gasteiger charge is 2.32. The number of halogens is 1. The highest BCUT2D eigenvalue weighted by molar-refractivity contribution is 5.89. The summed E-state index contributed by atoms with van der Waals surface area (Å²) in [6.07, 6.45) is 0.864. The Kier molecular flexibility index (Phi) is 8.37. The van der Waals surface area contributed by atoms with Crippen LogP contribution in [0.4, 0.5) is 4.39 Å². The lowest BCUT2D eigenvalue weighted by molar-refractivity contribution is -0.144. The molecule has 0 fully saturated rings. The maximum atomic E-state index is 13.3. The molecule has 2 rings (SSSR count). The van der Waals surface area contributed by atoms with Crippen LogP contribution in [0.15, 0.2) is 54.6 Å². The molecule has 2 aromatic rings. The van der Waals surface area contributed by atoms with Crippen molar-refractivity contribution < 1.29 is 14.0 Å². The van der Waals surface area contributed by atoms with Crippen LogP contribution in [0, 0.1) is 17.7 Å². The Morgan fingerprint density at radius 1 is 0.966 bits per heavy atom. The second-order valence-electron chi connectivity index (χ2n) is 8.03. The van der Waals surface area contributed by atoms with E-state index in [1.54, 1.807) is 17.0 Å². The minimum Gasteiger partial charge on any atom is -0.354 e. The molecule has 0 aliphatic rings. The standard InChI is InChI=1S/C24H31FN2O2/c1-17(2)14-15-26-23(28)22(20-8-6-5-7-9-20)27(24(29)18(3)4)16-19-10-12-21(25)13-11-19/h5-13,17-18,22H,14-16H2,1-4H3,(H,26,28)/t22-/m0/s1. The second-order valence-corrected chi connectivity index (χ2v) is 8.03. The number of benzene rings is 2. The predicted octanol–water partition coefficient (Wildman–Crippen LogP) is 4.71. The van der Waals surface area contributed by atoms with Crippen molar-refractivity contribution in [1.82, 2.24) is 10.2 Å². The van der Waals surface area contributed by atoms with Gasteiger partial charge in [0.2, 0.25) is 11.8 Å². The van der Waals surface area contributed by atoms with Crippen molar-refractivity contribution in [3.8, 4) is 0 Å². The van der Waals surface area contributed by atoms with Crippen LogP contribution < -0.4 is 5.32 Å². The third-order valence-electron chi connectivity index (χ3n) is 4.74. The summed E-state index contributed by atoms with van der Waals surface area (Å²) in [5.41, 5.74) is 1.53. The van der Waals surface area contributed by atoms with Crippen LogP contribution in [-0.2, 0) is 16.1 Å². The van der Waals surface area contributed by atoms with Gasteiger partial charge >= 0.3 is 0 Å². The highest BCUT2D eigenvalue weighted by Crippen LogP contribution is 2.25. The van der Waals surface area contributed by atoms with Crippen molar-refractivity contribution in [2.75, 3.05) is 6.54 Å². The first-order valence-corrected chi connectivity index (χ1v) is 10.2. The molecular formula is C24H31FN2O2. The summed E-state index contributed by atoms with van der Waals surface area (Å²) in [7, 11) is 0. The Labute approximate surface area is 173 Å². The van der Waals surface area contributed by atoms with Crippen LogP contribution >= 0.6 is 0 Å². The summed E-state index contributed by atoms with van der Waals surface area (Å²) in [6, 6.07) is 14.6. The Morgan fingerprint density at radius 3 is 2.14 bits per heavy atom. The van der Waals surface area contributed by atoms with Crippen molar-refractivity contribution in [2.45, 2.75) is 46.7 Å². The van der Waals surface area contributed by atoms with Gasteiger partial charge in [-0.05, 0) is 35.6 Å². The monoisotopic (exact) mass is 398 g/mol. The van der Waals surface area contributed by atoms with Crippen molar-refractivity contribution >= 4 is 11.8 Å². The minimum atomic E-state index is -0.747. The Morgan fingerprint density at radius 2 is 1.59 bits per heavy atom. The summed E-state index contributed by atoms with van der Waals surface area (Å²) >= 11 is 0. The lowest BCUT2D eigenvalue weighted by Crippen LogP contribution is -2.45. The molecule has 0 saturated heterocycles. The molecule has 4 nitrogen and oxygen atoms in total. The van der Waals surface area contributed by atoms with E-state index in [9.17, 15) is 14.0 Å². The largest absolute Gasteiger partial charge is 0.354 e. The number of amides is 2. The van der Waals surface area contributed by atoms with Gasteiger partial charge in [-0.15, -0.1) is 0 Å². The van der Waals surface area contributed by atoms with Crippen LogP contribution in [0.1, 0.15) is 51.3 Å². The molecule has 2 aromatic carbocycles. The first kappa shape index (κ1) is 22.6. The maximum Gasteiger partial charge on any atom is 0.247 e. The number of rotatable bonds is 9. The van der Waals surface area contributed by atoms with Gasteiger partial charge in [0.25, 0.3) is 0 Å². The van der Waals surface area contributed by atoms with E-state index in [4.69, 9.17) is 0 Å². The topological polar surface area (TPSA) is 49.4 Å². The molecule has 2 amide bonds. The average Bonchev–Trinajstić information content (AvgIpc) is 2.69. The summed E-state index contributed by atoms with van der Waals surface area (Å²) < 4.78 is 13.3. The van der Waals surface area contributed by atoms with Gasteiger partial charge in [0.1, 0.15) is 11.9 Å². The molecule has 0 aliphatic carbocycles. The molecule has 0 aliphatic heterocycles. The fourth-order valence-electron chi connectivity index (χ4n) is 3.10. The molecule has 0 aromatic heterocycles. The summed E-state index contributed by atoms with van der Waals surface area (Å²) in [4.78, 5) is 27.9. The number of carbonyl (C=O) groups is 2. The maximum absolute atomic E-state index is 13.3. The van der Waals surface area contributed by atoms with Gasteiger partial charge in [-0.2, -0.15) is 0 Å². The zero-order valence-corrected chi connectivity index (χ0v) is 17.7. The minimum absolute atomic E-state index is 0.123. The predicted molar refractivity (Wildman–Crippen MR) is 113 cm³/mol. The third kappa shape index (κ3) is 6.70. The molecule has 1 N–H and O–H groups in total. The molecule has 1 atom stereocenters. The average molecular weight is 399 g/mol. The summed E-state index contributed by atoms with van der Waals surface area (Å²) in [5.74, 6) is -0.458. The SMILES string of the molecule is CC(C)CCNC(=O)[C@H](c1ccccc1)N(Cc1ccc(F)cc1)C(=O)C(C)C. The van der Waals surface area contributed by atoms with E-state index in [1.165, 1.54) is 12.1 Å². The van der Waals surface area contributed by atoms with Gasteiger partial charge in [0, 0.05) is 19.0 Å². The normalized spacial score (nSPS) is 12.1. The molecule has 0 spiro atoms. The van der Waals surface area contributed by atoms with E-state index in [2.05, 4.69) is 19.2 Å². The first-order chi connectivity index (χ1) is 13.8. The van der Waals surface area contributed by atoms with Gasteiger partial charge in [-0.1, -0.05) is 70.2 Å². The lowest BCUT2D eigenvalue weighted by atomic mass is 10.0. The van der Waals surface area contributed by atoms with E-state index >= 15 is 0 Å². The van der Waals surface area contributed by atoms with Crippen molar-refractivity contribution in [1.29, 1.82) is 0 Å². The molecule has 29 heavy (non-hydrogen) atoms. The van der Waals surface area contributed by atoms with Crippen molar-refractivity contribution in [3.05, 3.63) is 71.5 Å². The summed E-state index contributed by atoms with van der Waals surface area (Å²) in [6.45, 7) is 8.62. The molecule has 5 heteroatoms. The zero-order valence-electron chi connectivity index (χ0n) is 17.7. The Hall–Kier alpha value is -2.69. The first-order valence-electron chi connectivity index (χ1n) is 10.2. The van der Waals surface area contributed by atoms with E-state index in [-0.39, 0.29) is 30.1 Å². The molecule has 0 radical (unpaired) electrons. The molecule has 0 heterocycles. The smallest absolute Gasteiger partial charge is 0.247 e. The number of nitrogens with zero attached hydrogens (tertiary/aromatic N) is 1. The van der Waals surface area contributed by atoms with Gasteiger partial charge in [0.05, 0.1) is 0 Å². The number of hydrogen-bond acceptors (Lipinski definition) is 2. The molecule has 0 bridgehead atoms. The fraction of sp³-hybridized carbons (Fsp3) is 0.417. The fourth-order valence-corrected chi connectivity index (χ4v) is 3.10. The molecule has 156 valence electrons. The highest BCUT2D eigenvalue weighted by atomic mass is 19.1. The van der Waals surface area contributed by atoms with Crippen LogP contribution in [0.5, 0.6) is 0 Å². The van der Waals surface area contributed by atoms with Crippen LogP contribution in [0.2, 0.25) is 0 Å². The Bertz CT molecular complexity index is 788. The third-order valence-corrected chi connectivity index (χ3v) is 4.74. The molecule has 0 unspecified atom stereocenters. The Balaban J connectivity index is 2.38. The van der Waals surface area contributed by atoms with Crippen LogP contribution in [0.25, 0.3) is 0 Å². The van der Waals surface area contributed by atoms with Crippen LogP contribution in [0.3, 0.4) is 0 Å². The molecular weight excluding hydrogens is 367 g/mol. The van der Waals surface area contributed by atoms with Gasteiger partial charge in [-0.3, -0.25) is 9.59 Å². The van der Waals surface area contributed by atoms with Crippen molar-refractivity contribution in [3.63, 3.8) is 0 Å². The zero-order chi connectivity index (χ0) is 21.4. The quantitative estimate of drug-likeness (QED) is 0.665. The van der Waals surface area contributed by atoms with Crippen molar-refractivity contribution in [2.24, 2.45) is 11.8 Å². The van der Waals surface area contributed by atoms with Crippen LogP contribution in [-0.4, -0.2) is 23.3 Å². The number of carbonyl (C=O) groups excluding carboxylic acids is 2.